The van der Waals surface area contributed by atoms with Crippen LogP contribution in [0.25, 0.3) is 10.4 Å². The minimum Gasteiger partial charge on any atom is -0.356 e. The molecular formula is C22H28N2O2S. The van der Waals surface area contributed by atoms with Crippen LogP contribution in [-0.4, -0.2) is 36.3 Å². The quantitative estimate of drug-likeness (QED) is 0.781. The van der Waals surface area contributed by atoms with Crippen molar-refractivity contribution >= 4 is 23.2 Å². The van der Waals surface area contributed by atoms with Crippen molar-refractivity contribution in [2.45, 2.75) is 39.5 Å². The number of benzene rings is 1. The van der Waals surface area contributed by atoms with Crippen LogP contribution in [0.1, 0.15) is 38.7 Å². The molecule has 5 heteroatoms. The average Bonchev–Trinajstić information content (AvgIpc) is 3.33. The van der Waals surface area contributed by atoms with Gasteiger partial charge in [0.1, 0.15) is 0 Å². The summed E-state index contributed by atoms with van der Waals surface area (Å²) in [4.78, 5) is 28.6. The third kappa shape index (κ3) is 4.24. The monoisotopic (exact) mass is 384 g/mol. The number of carbonyl (C=O) groups excluding carboxylic acids is 2. The molecule has 0 radical (unpaired) electrons. The molecule has 0 aliphatic carbocycles. The zero-order valence-electron chi connectivity index (χ0n) is 16.2. The molecule has 1 atom stereocenters. The lowest BCUT2D eigenvalue weighted by Crippen LogP contribution is -2.45. The van der Waals surface area contributed by atoms with Crippen LogP contribution in [0.4, 0.5) is 0 Å². The number of hydrogen-bond donors (Lipinski definition) is 1. The molecule has 1 aromatic heterocycles. The molecule has 27 heavy (non-hydrogen) atoms. The lowest BCUT2D eigenvalue weighted by atomic mass is 9.78. The van der Waals surface area contributed by atoms with Crippen molar-refractivity contribution in [2.75, 3.05) is 19.6 Å². The Morgan fingerprint density at radius 1 is 1.19 bits per heavy atom. The van der Waals surface area contributed by atoms with Gasteiger partial charge in [0.25, 0.3) is 0 Å². The third-order valence-corrected chi connectivity index (χ3v) is 6.23. The lowest BCUT2D eigenvalue weighted by molar-refractivity contribution is -0.133. The van der Waals surface area contributed by atoms with Gasteiger partial charge in [0.2, 0.25) is 11.8 Å². The van der Waals surface area contributed by atoms with Crippen LogP contribution in [0.5, 0.6) is 0 Å². The van der Waals surface area contributed by atoms with Gasteiger partial charge in [-0.3, -0.25) is 9.59 Å². The Bertz CT molecular complexity index is 787. The van der Waals surface area contributed by atoms with Crippen molar-refractivity contribution in [2.24, 2.45) is 5.41 Å². The summed E-state index contributed by atoms with van der Waals surface area (Å²) in [7, 11) is 0. The zero-order chi connectivity index (χ0) is 19.3. The smallest absolute Gasteiger partial charge is 0.228 e. The second kappa shape index (κ2) is 8.70. The minimum atomic E-state index is -0.549. The number of nitrogens with zero attached hydrogens (tertiary/aromatic N) is 1. The Labute approximate surface area is 165 Å². The number of hydrogen-bond acceptors (Lipinski definition) is 3. The second-order valence-electron chi connectivity index (χ2n) is 7.27. The number of rotatable bonds is 7. The summed E-state index contributed by atoms with van der Waals surface area (Å²) in [5, 5.41) is 5.10. The summed E-state index contributed by atoms with van der Waals surface area (Å²) in [5.74, 6) is 0.230. The molecule has 1 saturated heterocycles. The molecule has 2 aromatic rings. The maximum atomic E-state index is 13.0. The van der Waals surface area contributed by atoms with Crippen LogP contribution in [0.2, 0.25) is 0 Å². The predicted octanol–water partition coefficient (Wildman–Crippen LogP) is 4.11. The van der Waals surface area contributed by atoms with E-state index in [0.29, 0.717) is 38.9 Å². The molecule has 1 N–H and O–H groups in total. The van der Waals surface area contributed by atoms with Crippen LogP contribution in [0, 0.1) is 5.41 Å². The van der Waals surface area contributed by atoms with E-state index in [9.17, 15) is 9.59 Å². The Kier molecular flexibility index (Phi) is 6.32. The number of likely N-dealkylation sites (tertiary alicyclic amines) is 1. The van der Waals surface area contributed by atoms with Gasteiger partial charge >= 0.3 is 0 Å². The van der Waals surface area contributed by atoms with Gasteiger partial charge in [-0.2, -0.15) is 0 Å². The van der Waals surface area contributed by atoms with Gasteiger partial charge in [-0.25, -0.2) is 0 Å². The van der Waals surface area contributed by atoms with E-state index in [4.69, 9.17) is 0 Å². The average molecular weight is 385 g/mol. The van der Waals surface area contributed by atoms with Crippen LogP contribution in [0.3, 0.4) is 0 Å². The van der Waals surface area contributed by atoms with E-state index in [1.165, 1.54) is 16.0 Å². The Morgan fingerprint density at radius 2 is 2.00 bits per heavy atom. The SMILES string of the molecule is CCCC(=O)N1CC[C@@](Cc2ccccc2-c2cccs2)(C(=O)NCC)C1. The molecule has 0 unspecified atom stereocenters. The summed E-state index contributed by atoms with van der Waals surface area (Å²) >= 11 is 1.71. The van der Waals surface area contributed by atoms with E-state index in [1.54, 1.807) is 11.3 Å². The fraction of sp³-hybridized carbons (Fsp3) is 0.455. The fourth-order valence-corrected chi connectivity index (χ4v) is 4.71. The molecule has 0 saturated carbocycles. The van der Waals surface area contributed by atoms with Crippen molar-refractivity contribution < 1.29 is 9.59 Å². The normalized spacial score (nSPS) is 19.3. The van der Waals surface area contributed by atoms with Gasteiger partial charge in [0.15, 0.2) is 0 Å². The van der Waals surface area contributed by atoms with Crippen LogP contribution < -0.4 is 5.32 Å². The predicted molar refractivity (Wildman–Crippen MR) is 111 cm³/mol. The molecule has 3 rings (SSSR count). The van der Waals surface area contributed by atoms with Crippen molar-refractivity contribution in [1.82, 2.24) is 10.2 Å². The number of carbonyl (C=O) groups is 2. The summed E-state index contributed by atoms with van der Waals surface area (Å²) < 4.78 is 0. The Hall–Kier alpha value is -2.14. The van der Waals surface area contributed by atoms with Gasteiger partial charge in [-0.05, 0) is 48.8 Å². The first-order chi connectivity index (χ1) is 13.1. The van der Waals surface area contributed by atoms with Gasteiger partial charge in [-0.15, -0.1) is 11.3 Å². The standard InChI is InChI=1S/C22H28N2O2S/c1-3-8-20(25)24-13-12-22(16-24,21(26)23-4-2)15-17-9-5-6-10-18(17)19-11-7-14-27-19/h5-7,9-11,14H,3-4,8,12-13,15-16H2,1-2H3,(H,23,26)/t22-/m0/s1. The van der Waals surface area contributed by atoms with Crippen molar-refractivity contribution in [1.29, 1.82) is 0 Å². The highest BCUT2D eigenvalue weighted by molar-refractivity contribution is 7.13. The highest BCUT2D eigenvalue weighted by Gasteiger charge is 2.45. The van der Waals surface area contributed by atoms with Crippen molar-refractivity contribution in [3.05, 3.63) is 47.3 Å². The van der Waals surface area contributed by atoms with Gasteiger partial charge in [0, 0.05) is 30.9 Å². The highest BCUT2D eigenvalue weighted by atomic mass is 32.1. The summed E-state index contributed by atoms with van der Waals surface area (Å²) in [6.45, 7) is 5.74. The van der Waals surface area contributed by atoms with Crippen molar-refractivity contribution in [3.8, 4) is 10.4 Å². The van der Waals surface area contributed by atoms with Crippen molar-refractivity contribution in [3.63, 3.8) is 0 Å². The van der Waals surface area contributed by atoms with Crippen LogP contribution in [0.15, 0.2) is 41.8 Å². The molecule has 1 aromatic carbocycles. The van der Waals surface area contributed by atoms with E-state index in [2.05, 4.69) is 35.0 Å². The van der Waals surface area contributed by atoms with E-state index in [-0.39, 0.29) is 11.8 Å². The second-order valence-corrected chi connectivity index (χ2v) is 8.21. The molecule has 0 bridgehead atoms. The molecule has 2 heterocycles. The van der Waals surface area contributed by atoms with Crippen LogP contribution >= 0.6 is 11.3 Å². The first-order valence-electron chi connectivity index (χ1n) is 9.77. The Balaban J connectivity index is 1.90. The number of amides is 2. The topological polar surface area (TPSA) is 49.4 Å². The molecule has 1 aliphatic rings. The van der Waals surface area contributed by atoms with Gasteiger partial charge < -0.3 is 10.2 Å². The van der Waals surface area contributed by atoms with E-state index >= 15 is 0 Å². The Morgan fingerprint density at radius 3 is 2.70 bits per heavy atom. The third-order valence-electron chi connectivity index (χ3n) is 5.32. The number of nitrogens with one attached hydrogen (secondary N) is 1. The molecule has 144 valence electrons. The van der Waals surface area contributed by atoms with E-state index in [1.807, 2.05) is 30.9 Å². The zero-order valence-corrected chi connectivity index (χ0v) is 17.0. The first-order valence-corrected chi connectivity index (χ1v) is 10.7. The first kappa shape index (κ1) is 19.6. The number of thiophene rings is 1. The minimum absolute atomic E-state index is 0.0674. The molecule has 0 spiro atoms. The molecule has 1 fully saturated rings. The maximum absolute atomic E-state index is 13.0. The molecular weight excluding hydrogens is 356 g/mol. The summed E-state index contributed by atoms with van der Waals surface area (Å²) in [6.07, 6.45) is 2.76. The molecule has 1 aliphatic heterocycles. The lowest BCUT2D eigenvalue weighted by Gasteiger charge is -2.29. The van der Waals surface area contributed by atoms with Crippen LogP contribution in [-0.2, 0) is 16.0 Å². The highest BCUT2D eigenvalue weighted by Crippen LogP contribution is 2.38. The molecule has 4 nitrogen and oxygen atoms in total. The fourth-order valence-electron chi connectivity index (χ4n) is 3.93. The summed E-state index contributed by atoms with van der Waals surface area (Å²) in [6, 6.07) is 12.5. The van der Waals surface area contributed by atoms with Gasteiger partial charge in [-0.1, -0.05) is 37.3 Å². The van der Waals surface area contributed by atoms with Gasteiger partial charge in [0.05, 0.1) is 5.41 Å². The molecule has 2 amide bonds. The van der Waals surface area contributed by atoms with E-state index < -0.39 is 5.41 Å². The largest absolute Gasteiger partial charge is 0.356 e. The maximum Gasteiger partial charge on any atom is 0.228 e. The van der Waals surface area contributed by atoms with E-state index in [0.717, 1.165) is 6.42 Å². The summed E-state index contributed by atoms with van der Waals surface area (Å²) in [5.41, 5.74) is 1.82.